The topological polar surface area (TPSA) is 108 Å². The first-order chi connectivity index (χ1) is 10.9. The van der Waals surface area contributed by atoms with Crippen LogP contribution in [0.2, 0.25) is 0 Å². The highest BCUT2D eigenvalue weighted by atomic mass is 32.1. The molecule has 2 amide bonds. The van der Waals surface area contributed by atoms with Gasteiger partial charge in [-0.15, -0.1) is 22.7 Å². The third-order valence-corrected chi connectivity index (χ3v) is 5.11. The molecule has 0 radical (unpaired) electrons. The lowest BCUT2D eigenvalue weighted by Gasteiger charge is -2.11. The van der Waals surface area contributed by atoms with Gasteiger partial charge in [0, 0.05) is 0 Å². The third-order valence-electron chi connectivity index (χ3n) is 2.91. The predicted octanol–water partition coefficient (Wildman–Crippen LogP) is 1.82. The molecule has 1 atom stereocenters. The average molecular weight is 353 g/mol. The molecule has 0 spiro atoms. The first-order valence-corrected chi connectivity index (χ1v) is 8.39. The van der Waals surface area contributed by atoms with Gasteiger partial charge in [0.2, 0.25) is 5.91 Å². The summed E-state index contributed by atoms with van der Waals surface area (Å²) in [6, 6.07) is 3.00. The van der Waals surface area contributed by atoms with E-state index in [0.717, 1.165) is 11.3 Å². The molecule has 0 saturated carbocycles. The van der Waals surface area contributed by atoms with Crippen molar-refractivity contribution in [2.45, 2.75) is 19.9 Å². The lowest BCUT2D eigenvalue weighted by Crippen LogP contribution is -2.37. The van der Waals surface area contributed by atoms with E-state index in [-0.39, 0.29) is 23.2 Å². The quantitative estimate of drug-likeness (QED) is 0.734. The van der Waals surface area contributed by atoms with Crippen LogP contribution in [0.4, 0.5) is 0 Å². The zero-order valence-electron chi connectivity index (χ0n) is 12.5. The Bertz CT molecular complexity index is 724. The highest BCUT2D eigenvalue weighted by molar-refractivity contribution is 7.13. The largest absolute Gasteiger partial charge is 0.477 e. The molecule has 122 valence electrons. The van der Waals surface area contributed by atoms with E-state index in [9.17, 15) is 14.4 Å². The minimum absolute atomic E-state index is 0.156. The molecule has 2 rings (SSSR count). The molecule has 0 bridgehead atoms. The zero-order valence-corrected chi connectivity index (χ0v) is 14.1. The summed E-state index contributed by atoms with van der Waals surface area (Å²) in [4.78, 5) is 39.5. The second-order valence-corrected chi connectivity index (χ2v) is 6.70. The number of carbonyl (C=O) groups excluding carboxylic acids is 2. The number of nitrogens with zero attached hydrogens (tertiary/aromatic N) is 1. The molecule has 0 aliphatic heterocycles. The number of nitrogens with one attached hydrogen (secondary N) is 2. The van der Waals surface area contributed by atoms with Crippen molar-refractivity contribution in [1.29, 1.82) is 0 Å². The Labute approximate surface area is 140 Å². The molecule has 2 heterocycles. The number of aromatic nitrogens is 1. The van der Waals surface area contributed by atoms with E-state index < -0.39 is 12.0 Å². The molecule has 2 aromatic rings. The highest BCUT2D eigenvalue weighted by Crippen LogP contribution is 2.23. The monoisotopic (exact) mass is 353 g/mol. The molecule has 0 aliphatic carbocycles. The molecular weight excluding hydrogens is 338 g/mol. The van der Waals surface area contributed by atoms with Gasteiger partial charge in [0.25, 0.3) is 5.91 Å². The first kappa shape index (κ1) is 17.1. The standard InChI is InChI=1S/C14H15N3O4S2/c1-7-11(14(20)21)23-13(17-7)8(2)16-10(18)6-15-12(19)9-4-3-5-22-9/h3-5,8H,6H2,1-2H3,(H,15,19)(H,16,18)(H,20,21). The fraction of sp³-hybridized carbons (Fsp3) is 0.286. The van der Waals surface area contributed by atoms with Crippen molar-refractivity contribution in [1.82, 2.24) is 15.6 Å². The normalized spacial score (nSPS) is 11.7. The summed E-state index contributed by atoms with van der Waals surface area (Å²) >= 11 is 2.32. The SMILES string of the molecule is Cc1nc(C(C)NC(=O)CNC(=O)c2cccs2)sc1C(=O)O. The van der Waals surface area contributed by atoms with E-state index in [1.165, 1.54) is 11.3 Å². The number of aryl methyl sites for hydroxylation is 1. The number of carbonyl (C=O) groups is 3. The Morgan fingerprint density at radius 3 is 2.70 bits per heavy atom. The van der Waals surface area contributed by atoms with Crippen molar-refractivity contribution in [3.05, 3.63) is 38.0 Å². The van der Waals surface area contributed by atoms with Gasteiger partial charge in [-0.3, -0.25) is 9.59 Å². The van der Waals surface area contributed by atoms with E-state index in [2.05, 4.69) is 15.6 Å². The molecule has 1 unspecified atom stereocenters. The van der Waals surface area contributed by atoms with Gasteiger partial charge in [-0.25, -0.2) is 9.78 Å². The van der Waals surface area contributed by atoms with Crippen LogP contribution in [0, 0.1) is 6.92 Å². The number of aromatic carboxylic acids is 1. The first-order valence-electron chi connectivity index (χ1n) is 6.70. The molecule has 0 aliphatic rings. The summed E-state index contributed by atoms with van der Waals surface area (Å²) in [5.41, 5.74) is 0.421. The van der Waals surface area contributed by atoms with Crippen molar-refractivity contribution in [2.75, 3.05) is 6.54 Å². The summed E-state index contributed by atoms with van der Waals surface area (Å²) < 4.78 is 0. The van der Waals surface area contributed by atoms with E-state index >= 15 is 0 Å². The number of hydrogen-bond acceptors (Lipinski definition) is 6. The molecule has 0 aromatic carbocycles. The van der Waals surface area contributed by atoms with Gasteiger partial charge >= 0.3 is 5.97 Å². The fourth-order valence-corrected chi connectivity index (χ4v) is 3.36. The summed E-state index contributed by atoms with van der Waals surface area (Å²) in [5, 5.41) is 16.5. The number of rotatable bonds is 6. The number of carboxylic acids is 1. The Balaban J connectivity index is 1.88. The molecular formula is C14H15N3O4S2. The number of carboxylic acid groups (broad SMARTS) is 1. The number of amides is 2. The van der Waals surface area contributed by atoms with Crippen LogP contribution < -0.4 is 10.6 Å². The highest BCUT2D eigenvalue weighted by Gasteiger charge is 2.19. The van der Waals surface area contributed by atoms with Crippen LogP contribution in [0.5, 0.6) is 0 Å². The van der Waals surface area contributed by atoms with Gasteiger partial charge in [-0.2, -0.15) is 0 Å². The van der Waals surface area contributed by atoms with Gasteiger partial charge in [0.15, 0.2) is 0 Å². The molecule has 0 fully saturated rings. The van der Waals surface area contributed by atoms with Crippen molar-refractivity contribution >= 4 is 40.5 Å². The van der Waals surface area contributed by atoms with Gasteiger partial charge < -0.3 is 15.7 Å². The number of thiophene rings is 1. The molecule has 0 saturated heterocycles. The maximum absolute atomic E-state index is 11.9. The molecule has 2 aromatic heterocycles. The Morgan fingerprint density at radius 1 is 1.39 bits per heavy atom. The maximum Gasteiger partial charge on any atom is 0.347 e. The zero-order chi connectivity index (χ0) is 17.0. The summed E-state index contributed by atoms with van der Waals surface area (Å²) in [7, 11) is 0. The smallest absolute Gasteiger partial charge is 0.347 e. The maximum atomic E-state index is 11.9. The fourth-order valence-electron chi connectivity index (χ4n) is 1.81. The van der Waals surface area contributed by atoms with E-state index in [4.69, 9.17) is 5.11 Å². The van der Waals surface area contributed by atoms with Crippen LogP contribution in [-0.4, -0.2) is 34.4 Å². The summed E-state index contributed by atoms with van der Waals surface area (Å²) in [5.74, 6) is -1.71. The number of thiazole rings is 1. The Kier molecular flexibility index (Phi) is 5.45. The van der Waals surface area contributed by atoms with Gasteiger partial charge in [0.05, 0.1) is 23.2 Å². The second kappa shape index (κ2) is 7.34. The summed E-state index contributed by atoms with van der Waals surface area (Å²) in [6.07, 6.45) is 0. The van der Waals surface area contributed by atoms with E-state index in [1.54, 1.807) is 31.4 Å². The van der Waals surface area contributed by atoms with Crippen molar-refractivity contribution in [3.8, 4) is 0 Å². The third kappa shape index (κ3) is 4.36. The number of hydrogen-bond donors (Lipinski definition) is 3. The molecule has 3 N–H and O–H groups in total. The van der Waals surface area contributed by atoms with Crippen LogP contribution >= 0.6 is 22.7 Å². The van der Waals surface area contributed by atoms with E-state index in [0.29, 0.717) is 15.6 Å². The summed E-state index contributed by atoms with van der Waals surface area (Å²) in [6.45, 7) is 3.17. The lowest BCUT2D eigenvalue weighted by atomic mass is 10.3. The van der Waals surface area contributed by atoms with Crippen LogP contribution in [0.15, 0.2) is 17.5 Å². The van der Waals surface area contributed by atoms with Crippen LogP contribution in [-0.2, 0) is 4.79 Å². The van der Waals surface area contributed by atoms with Crippen molar-refractivity contribution in [2.24, 2.45) is 0 Å². The van der Waals surface area contributed by atoms with Crippen molar-refractivity contribution in [3.63, 3.8) is 0 Å². The van der Waals surface area contributed by atoms with Gasteiger partial charge in [-0.05, 0) is 25.3 Å². The van der Waals surface area contributed by atoms with Gasteiger partial charge in [0.1, 0.15) is 9.88 Å². The predicted molar refractivity (Wildman–Crippen MR) is 87.0 cm³/mol. The van der Waals surface area contributed by atoms with Crippen LogP contribution in [0.3, 0.4) is 0 Å². The van der Waals surface area contributed by atoms with Crippen LogP contribution in [0.25, 0.3) is 0 Å². The van der Waals surface area contributed by atoms with Crippen molar-refractivity contribution < 1.29 is 19.5 Å². The molecule has 7 nitrogen and oxygen atoms in total. The minimum atomic E-state index is -1.03. The van der Waals surface area contributed by atoms with E-state index in [1.807, 2.05) is 0 Å². The molecule has 23 heavy (non-hydrogen) atoms. The Morgan fingerprint density at radius 2 is 2.13 bits per heavy atom. The average Bonchev–Trinajstić information content (AvgIpc) is 3.13. The van der Waals surface area contributed by atoms with Crippen LogP contribution in [0.1, 0.15) is 43.0 Å². The lowest BCUT2D eigenvalue weighted by molar-refractivity contribution is -0.120. The molecule has 9 heteroatoms. The van der Waals surface area contributed by atoms with Gasteiger partial charge in [-0.1, -0.05) is 6.07 Å². The second-order valence-electron chi connectivity index (χ2n) is 4.72. The minimum Gasteiger partial charge on any atom is -0.477 e. The Hall–Kier alpha value is -2.26.